The quantitative estimate of drug-likeness (QED) is 0.555. The first-order chi connectivity index (χ1) is 5.87. The van der Waals surface area contributed by atoms with Gasteiger partial charge in [0.1, 0.15) is 0 Å². The first-order valence-corrected chi connectivity index (χ1v) is 5.02. The minimum Gasteiger partial charge on any atom is -0.289 e. The summed E-state index contributed by atoms with van der Waals surface area (Å²) < 4.78 is 0. The van der Waals surface area contributed by atoms with E-state index in [1.165, 1.54) is 44.2 Å². The maximum absolute atomic E-state index is 4.62. The van der Waals surface area contributed by atoms with Crippen molar-refractivity contribution < 1.29 is 0 Å². The zero-order chi connectivity index (χ0) is 8.44. The molecule has 0 N–H and O–H groups in total. The van der Waals surface area contributed by atoms with Gasteiger partial charge in [-0.15, -0.1) is 6.58 Å². The van der Waals surface area contributed by atoms with Crippen LogP contribution in [0, 0.1) is 5.41 Å². The van der Waals surface area contributed by atoms with Crippen LogP contribution in [0.1, 0.15) is 38.5 Å². The predicted octanol–water partition coefficient (Wildman–Crippen LogP) is 2.97. The normalized spacial score (nSPS) is 29.2. The molecule has 0 aromatic carbocycles. The van der Waals surface area contributed by atoms with Crippen LogP contribution < -0.4 is 0 Å². The van der Waals surface area contributed by atoms with Crippen molar-refractivity contribution in [2.75, 3.05) is 6.54 Å². The Bertz CT molecular complexity index is 211. The Kier molecular flexibility index (Phi) is 2.03. The minimum absolute atomic E-state index is 0.598. The molecule has 0 saturated heterocycles. The third kappa shape index (κ3) is 1.33. The van der Waals surface area contributed by atoms with E-state index in [0.29, 0.717) is 5.41 Å². The standard InChI is InChI=1S/C11H17N/c1-2-9-12-10-5-3-4-6-11(10)7-8-11/h2H,1,3-9H2. The van der Waals surface area contributed by atoms with Crippen molar-refractivity contribution in [1.82, 2.24) is 0 Å². The number of nitrogens with zero attached hydrogens (tertiary/aromatic N) is 1. The summed E-state index contributed by atoms with van der Waals surface area (Å²) in [6.07, 6.45) is 10.2. The topological polar surface area (TPSA) is 12.4 Å². The van der Waals surface area contributed by atoms with Crippen LogP contribution in [0.3, 0.4) is 0 Å². The van der Waals surface area contributed by atoms with E-state index in [9.17, 15) is 0 Å². The maximum Gasteiger partial charge on any atom is 0.0567 e. The van der Waals surface area contributed by atoms with Gasteiger partial charge in [0.05, 0.1) is 6.54 Å². The number of rotatable bonds is 2. The first kappa shape index (κ1) is 8.03. The summed E-state index contributed by atoms with van der Waals surface area (Å²) in [4.78, 5) is 4.62. The average Bonchev–Trinajstić information content (AvgIpc) is 2.85. The van der Waals surface area contributed by atoms with Crippen LogP contribution in [-0.2, 0) is 0 Å². The molecule has 0 aromatic rings. The molecule has 2 fully saturated rings. The summed E-state index contributed by atoms with van der Waals surface area (Å²) in [5, 5.41) is 0. The third-order valence-electron chi connectivity index (χ3n) is 3.20. The second-order valence-corrected chi connectivity index (χ2v) is 4.06. The van der Waals surface area contributed by atoms with Gasteiger partial charge >= 0.3 is 0 Å². The molecule has 1 heteroatoms. The molecule has 1 nitrogen and oxygen atoms in total. The molecule has 2 rings (SSSR count). The Hall–Kier alpha value is -0.590. The fourth-order valence-corrected chi connectivity index (χ4v) is 2.28. The predicted molar refractivity (Wildman–Crippen MR) is 52.6 cm³/mol. The molecular weight excluding hydrogens is 146 g/mol. The van der Waals surface area contributed by atoms with E-state index in [1.54, 1.807) is 0 Å². The molecule has 0 bridgehead atoms. The van der Waals surface area contributed by atoms with Gasteiger partial charge in [-0.2, -0.15) is 0 Å². The molecule has 12 heavy (non-hydrogen) atoms. The molecule has 0 amide bonds. The molecule has 0 unspecified atom stereocenters. The highest BCUT2D eigenvalue weighted by molar-refractivity contribution is 5.93. The van der Waals surface area contributed by atoms with E-state index in [1.807, 2.05) is 6.08 Å². The van der Waals surface area contributed by atoms with Gasteiger partial charge in [0.25, 0.3) is 0 Å². The Morgan fingerprint density at radius 3 is 2.83 bits per heavy atom. The fourth-order valence-electron chi connectivity index (χ4n) is 2.28. The maximum atomic E-state index is 4.62. The van der Waals surface area contributed by atoms with Crippen LogP contribution in [0.15, 0.2) is 17.6 Å². The van der Waals surface area contributed by atoms with Crippen molar-refractivity contribution in [2.24, 2.45) is 10.4 Å². The van der Waals surface area contributed by atoms with Crippen LogP contribution in [-0.4, -0.2) is 12.3 Å². The van der Waals surface area contributed by atoms with E-state index in [2.05, 4.69) is 11.6 Å². The average molecular weight is 163 g/mol. The number of hydrogen-bond donors (Lipinski definition) is 0. The van der Waals surface area contributed by atoms with Crippen molar-refractivity contribution in [3.8, 4) is 0 Å². The van der Waals surface area contributed by atoms with Gasteiger partial charge in [-0.3, -0.25) is 4.99 Å². The Morgan fingerprint density at radius 2 is 2.17 bits per heavy atom. The highest BCUT2D eigenvalue weighted by Crippen LogP contribution is 2.54. The van der Waals surface area contributed by atoms with Crippen LogP contribution in [0.5, 0.6) is 0 Å². The molecular formula is C11H17N. The van der Waals surface area contributed by atoms with Gasteiger partial charge in [0, 0.05) is 11.1 Å². The largest absolute Gasteiger partial charge is 0.289 e. The Morgan fingerprint density at radius 1 is 1.33 bits per heavy atom. The lowest BCUT2D eigenvalue weighted by molar-refractivity contribution is 0.514. The molecule has 0 aliphatic heterocycles. The molecule has 2 aliphatic carbocycles. The summed E-state index contributed by atoms with van der Waals surface area (Å²) >= 11 is 0. The van der Waals surface area contributed by atoms with Crippen molar-refractivity contribution in [2.45, 2.75) is 38.5 Å². The van der Waals surface area contributed by atoms with Gasteiger partial charge in [0.2, 0.25) is 0 Å². The van der Waals surface area contributed by atoms with E-state index < -0.39 is 0 Å². The lowest BCUT2D eigenvalue weighted by atomic mass is 9.84. The number of aliphatic imine (C=N–C) groups is 1. The third-order valence-corrected chi connectivity index (χ3v) is 3.20. The molecule has 1 spiro atoms. The van der Waals surface area contributed by atoms with Crippen LogP contribution >= 0.6 is 0 Å². The smallest absolute Gasteiger partial charge is 0.0567 e. The molecule has 66 valence electrons. The molecule has 0 heterocycles. The van der Waals surface area contributed by atoms with Gasteiger partial charge < -0.3 is 0 Å². The summed E-state index contributed by atoms with van der Waals surface area (Å²) in [7, 11) is 0. The summed E-state index contributed by atoms with van der Waals surface area (Å²) in [6.45, 7) is 4.54. The summed E-state index contributed by atoms with van der Waals surface area (Å²) in [5.41, 5.74) is 2.11. The Balaban J connectivity index is 2.06. The van der Waals surface area contributed by atoms with Crippen molar-refractivity contribution in [3.63, 3.8) is 0 Å². The monoisotopic (exact) mass is 163 g/mol. The molecule has 2 saturated carbocycles. The van der Waals surface area contributed by atoms with Crippen molar-refractivity contribution >= 4 is 5.71 Å². The van der Waals surface area contributed by atoms with Crippen molar-refractivity contribution in [3.05, 3.63) is 12.7 Å². The van der Waals surface area contributed by atoms with Crippen LogP contribution in [0.2, 0.25) is 0 Å². The lowest BCUT2D eigenvalue weighted by Gasteiger charge is -2.23. The SMILES string of the molecule is C=CCN=C1CCCCC12CC2. The molecule has 2 aliphatic rings. The lowest BCUT2D eigenvalue weighted by Crippen LogP contribution is -2.20. The summed E-state index contributed by atoms with van der Waals surface area (Å²) in [6, 6.07) is 0. The second-order valence-electron chi connectivity index (χ2n) is 4.06. The number of hydrogen-bond acceptors (Lipinski definition) is 1. The van der Waals surface area contributed by atoms with Crippen molar-refractivity contribution in [1.29, 1.82) is 0 Å². The minimum atomic E-state index is 0.598. The van der Waals surface area contributed by atoms with E-state index >= 15 is 0 Å². The van der Waals surface area contributed by atoms with E-state index in [0.717, 1.165) is 6.54 Å². The Labute approximate surface area is 74.6 Å². The van der Waals surface area contributed by atoms with Gasteiger partial charge in [-0.05, 0) is 32.1 Å². The second kappa shape index (κ2) is 3.04. The fraction of sp³-hybridized carbons (Fsp3) is 0.727. The summed E-state index contributed by atoms with van der Waals surface area (Å²) in [5.74, 6) is 0. The van der Waals surface area contributed by atoms with Crippen LogP contribution in [0.4, 0.5) is 0 Å². The van der Waals surface area contributed by atoms with Crippen LogP contribution in [0.25, 0.3) is 0 Å². The highest BCUT2D eigenvalue weighted by atomic mass is 14.8. The van der Waals surface area contributed by atoms with Gasteiger partial charge in [0.15, 0.2) is 0 Å². The zero-order valence-corrected chi connectivity index (χ0v) is 7.68. The van der Waals surface area contributed by atoms with Gasteiger partial charge in [-0.25, -0.2) is 0 Å². The molecule has 0 aromatic heterocycles. The molecule has 0 radical (unpaired) electrons. The van der Waals surface area contributed by atoms with E-state index in [4.69, 9.17) is 0 Å². The van der Waals surface area contributed by atoms with Gasteiger partial charge in [-0.1, -0.05) is 12.5 Å². The molecule has 0 atom stereocenters. The van der Waals surface area contributed by atoms with E-state index in [-0.39, 0.29) is 0 Å². The highest BCUT2D eigenvalue weighted by Gasteiger charge is 2.47. The zero-order valence-electron chi connectivity index (χ0n) is 7.68. The first-order valence-electron chi connectivity index (χ1n) is 5.02.